The van der Waals surface area contributed by atoms with Gasteiger partial charge in [0, 0.05) is 29.9 Å². The normalized spacial score (nSPS) is 13.2. The van der Waals surface area contributed by atoms with Crippen LogP contribution in [0.5, 0.6) is 23.1 Å². The first-order valence-corrected chi connectivity index (χ1v) is 12.4. The molecule has 1 aliphatic heterocycles. The summed E-state index contributed by atoms with van der Waals surface area (Å²) in [6.07, 6.45) is 2.44. The molecule has 0 aliphatic carbocycles. The first kappa shape index (κ1) is 22.7. The lowest BCUT2D eigenvalue weighted by atomic mass is 10.3. The van der Waals surface area contributed by atoms with Crippen LogP contribution in [0.25, 0.3) is 5.82 Å². The van der Waals surface area contributed by atoms with Gasteiger partial charge in [0.15, 0.2) is 17.3 Å². The molecule has 0 unspecified atom stereocenters. The molecule has 180 valence electrons. The Morgan fingerprint density at radius 1 is 0.943 bits per heavy atom. The number of nitrogens with one attached hydrogen (secondary N) is 1. The molecule has 0 saturated carbocycles. The number of nitrogens with zero attached hydrogens (tertiary/aromatic N) is 4. The van der Waals surface area contributed by atoms with Crippen LogP contribution in [-0.2, 0) is 10.0 Å². The van der Waals surface area contributed by atoms with Crippen molar-refractivity contribution in [1.82, 2.24) is 19.7 Å². The van der Waals surface area contributed by atoms with Crippen LogP contribution in [0.3, 0.4) is 0 Å². The molecule has 0 radical (unpaired) electrons. The minimum Gasteiger partial charge on any atom is -0.490 e. The molecule has 0 bridgehead atoms. The summed E-state index contributed by atoms with van der Waals surface area (Å²) in [6, 6.07) is 14.6. The van der Waals surface area contributed by atoms with E-state index in [-0.39, 0.29) is 4.90 Å². The van der Waals surface area contributed by atoms with E-state index in [1.54, 1.807) is 48.8 Å². The van der Waals surface area contributed by atoms with Crippen molar-refractivity contribution in [1.29, 1.82) is 0 Å². The zero-order valence-electron chi connectivity index (χ0n) is 19.1. The topological polar surface area (TPSA) is 117 Å². The monoisotopic (exact) mass is 493 g/mol. The lowest BCUT2D eigenvalue weighted by molar-refractivity contribution is 0.297. The van der Waals surface area contributed by atoms with Crippen LogP contribution < -0.4 is 18.9 Å². The van der Waals surface area contributed by atoms with E-state index >= 15 is 0 Å². The highest BCUT2D eigenvalue weighted by atomic mass is 32.2. The minimum atomic E-state index is -3.82. The number of benzene rings is 2. The van der Waals surface area contributed by atoms with Gasteiger partial charge in [-0.15, -0.1) is 10.2 Å². The second-order valence-corrected chi connectivity index (χ2v) is 9.59. The van der Waals surface area contributed by atoms with Crippen molar-refractivity contribution < 1.29 is 22.6 Å². The van der Waals surface area contributed by atoms with Crippen molar-refractivity contribution in [2.24, 2.45) is 0 Å². The van der Waals surface area contributed by atoms with Crippen molar-refractivity contribution in [3.63, 3.8) is 0 Å². The van der Waals surface area contributed by atoms with E-state index < -0.39 is 10.0 Å². The SMILES string of the molecule is Cc1ncn(-c2ccc(Oc3ccc(NS(=O)(=O)c4ccc5c(c4)OCCCO5)cc3)nn2)c1C. The number of rotatable bonds is 6. The van der Waals surface area contributed by atoms with E-state index in [1.807, 2.05) is 18.4 Å². The summed E-state index contributed by atoms with van der Waals surface area (Å²) >= 11 is 0. The Kier molecular flexibility index (Phi) is 6.00. The molecular weight excluding hydrogens is 470 g/mol. The number of fused-ring (bicyclic) bond motifs is 1. The molecule has 1 aliphatic rings. The molecule has 2 aromatic carbocycles. The standard InChI is InChI=1S/C24H23N5O5S/c1-16-17(2)29(15-25-16)23-10-11-24(27-26-23)34-19-6-4-18(5-7-19)28-35(30,31)20-8-9-21-22(14-20)33-13-3-12-32-21/h4-11,14-15,28H,3,12-13H2,1-2H3. The molecular formula is C24H23N5O5S. The third-order valence-electron chi connectivity index (χ3n) is 5.48. The molecule has 0 saturated heterocycles. The molecule has 0 amide bonds. The van der Waals surface area contributed by atoms with Gasteiger partial charge in [0.05, 0.1) is 23.8 Å². The molecule has 4 aromatic rings. The largest absolute Gasteiger partial charge is 0.490 e. The number of anilines is 1. The zero-order chi connectivity index (χ0) is 24.4. The Hall–Kier alpha value is -4.12. The van der Waals surface area contributed by atoms with Gasteiger partial charge in [-0.1, -0.05) is 0 Å². The third kappa shape index (κ3) is 4.90. The van der Waals surface area contributed by atoms with Crippen LogP contribution in [0.2, 0.25) is 0 Å². The van der Waals surface area contributed by atoms with E-state index in [0.717, 1.165) is 17.8 Å². The van der Waals surface area contributed by atoms with Gasteiger partial charge < -0.3 is 14.2 Å². The van der Waals surface area contributed by atoms with Gasteiger partial charge in [0.2, 0.25) is 5.88 Å². The second kappa shape index (κ2) is 9.26. The summed E-state index contributed by atoms with van der Waals surface area (Å²) in [6.45, 7) is 4.89. The molecule has 35 heavy (non-hydrogen) atoms. The predicted molar refractivity (Wildman–Crippen MR) is 128 cm³/mol. The number of aromatic nitrogens is 4. The fourth-order valence-electron chi connectivity index (χ4n) is 3.46. The molecule has 10 nitrogen and oxygen atoms in total. The van der Waals surface area contributed by atoms with E-state index in [0.29, 0.717) is 47.8 Å². The maximum absolute atomic E-state index is 12.9. The Morgan fingerprint density at radius 2 is 1.71 bits per heavy atom. The number of hydrogen-bond acceptors (Lipinski definition) is 8. The predicted octanol–water partition coefficient (Wildman–Crippen LogP) is 4.03. The molecule has 11 heteroatoms. The Balaban J connectivity index is 1.26. The Morgan fingerprint density at radius 3 is 2.40 bits per heavy atom. The van der Waals surface area contributed by atoms with Crippen molar-refractivity contribution in [3.8, 4) is 28.9 Å². The maximum Gasteiger partial charge on any atom is 0.262 e. The number of ether oxygens (including phenoxy) is 3. The van der Waals surface area contributed by atoms with Crippen LogP contribution in [0.15, 0.2) is 65.8 Å². The van der Waals surface area contributed by atoms with Crippen LogP contribution >= 0.6 is 0 Å². The van der Waals surface area contributed by atoms with Crippen molar-refractivity contribution >= 4 is 15.7 Å². The summed E-state index contributed by atoms with van der Waals surface area (Å²) in [5.74, 6) is 2.38. The average Bonchev–Trinajstić information content (AvgIpc) is 3.05. The van der Waals surface area contributed by atoms with Gasteiger partial charge in [-0.2, -0.15) is 0 Å². The fourth-order valence-corrected chi connectivity index (χ4v) is 4.54. The summed E-state index contributed by atoms with van der Waals surface area (Å²) in [4.78, 5) is 4.35. The highest BCUT2D eigenvalue weighted by molar-refractivity contribution is 7.92. The third-order valence-corrected chi connectivity index (χ3v) is 6.86. The van der Waals surface area contributed by atoms with Crippen LogP contribution in [-0.4, -0.2) is 41.4 Å². The van der Waals surface area contributed by atoms with E-state index in [2.05, 4.69) is 19.9 Å². The zero-order valence-corrected chi connectivity index (χ0v) is 19.9. The summed E-state index contributed by atoms with van der Waals surface area (Å²) in [5, 5.41) is 8.30. The lowest BCUT2D eigenvalue weighted by Gasteiger charge is -2.12. The maximum atomic E-state index is 12.9. The van der Waals surface area contributed by atoms with E-state index in [1.165, 1.54) is 12.1 Å². The number of sulfonamides is 1. The molecule has 3 heterocycles. The first-order chi connectivity index (χ1) is 16.9. The number of imidazole rings is 1. The van der Waals surface area contributed by atoms with Crippen molar-refractivity contribution in [3.05, 3.63) is 72.3 Å². The Labute approximate surface area is 202 Å². The van der Waals surface area contributed by atoms with Crippen LogP contribution in [0, 0.1) is 13.8 Å². The summed E-state index contributed by atoms with van der Waals surface area (Å²) in [7, 11) is -3.82. The van der Waals surface area contributed by atoms with Gasteiger partial charge in [-0.25, -0.2) is 13.4 Å². The van der Waals surface area contributed by atoms with Crippen LogP contribution in [0.1, 0.15) is 17.8 Å². The molecule has 1 N–H and O–H groups in total. The Bertz CT molecular complexity index is 1450. The highest BCUT2D eigenvalue weighted by Gasteiger charge is 2.19. The van der Waals surface area contributed by atoms with Crippen molar-refractivity contribution in [2.75, 3.05) is 17.9 Å². The first-order valence-electron chi connectivity index (χ1n) is 10.9. The fraction of sp³-hybridized carbons (Fsp3) is 0.208. The molecule has 0 atom stereocenters. The summed E-state index contributed by atoms with van der Waals surface area (Å²) < 4.78 is 47.0. The summed E-state index contributed by atoms with van der Waals surface area (Å²) in [5.41, 5.74) is 2.29. The van der Waals surface area contributed by atoms with Gasteiger partial charge >= 0.3 is 0 Å². The molecule has 2 aromatic heterocycles. The highest BCUT2D eigenvalue weighted by Crippen LogP contribution is 2.32. The minimum absolute atomic E-state index is 0.0840. The van der Waals surface area contributed by atoms with Gasteiger partial charge in [0.25, 0.3) is 10.0 Å². The van der Waals surface area contributed by atoms with Crippen molar-refractivity contribution in [2.45, 2.75) is 25.2 Å². The lowest BCUT2D eigenvalue weighted by Crippen LogP contribution is -2.13. The van der Waals surface area contributed by atoms with Crippen LogP contribution in [0.4, 0.5) is 5.69 Å². The quantitative estimate of drug-likeness (QED) is 0.428. The van der Waals surface area contributed by atoms with Gasteiger partial charge in [-0.05, 0) is 56.3 Å². The average molecular weight is 494 g/mol. The molecule has 0 fully saturated rings. The smallest absolute Gasteiger partial charge is 0.262 e. The van der Waals surface area contributed by atoms with E-state index in [4.69, 9.17) is 14.2 Å². The number of hydrogen-bond donors (Lipinski definition) is 1. The molecule has 0 spiro atoms. The van der Waals surface area contributed by atoms with Gasteiger partial charge in [-0.3, -0.25) is 9.29 Å². The van der Waals surface area contributed by atoms with Gasteiger partial charge in [0.1, 0.15) is 12.1 Å². The second-order valence-electron chi connectivity index (χ2n) is 7.91. The van der Waals surface area contributed by atoms with E-state index in [9.17, 15) is 8.42 Å². The molecule has 5 rings (SSSR count). The number of aryl methyl sites for hydroxylation is 1.